The van der Waals surface area contributed by atoms with Crippen LogP contribution in [0.15, 0.2) is 34.9 Å². The van der Waals surface area contributed by atoms with E-state index in [0.29, 0.717) is 24.2 Å². The van der Waals surface area contributed by atoms with Gasteiger partial charge in [-0.3, -0.25) is 9.59 Å². The molecule has 5 heteroatoms. The number of benzene rings is 1. The number of piperidine rings is 1. The first-order valence-electron chi connectivity index (χ1n) is 7.59. The summed E-state index contributed by atoms with van der Waals surface area (Å²) in [6.07, 6.45) is 3.85. The van der Waals surface area contributed by atoms with Crippen molar-refractivity contribution in [2.75, 3.05) is 13.1 Å². The van der Waals surface area contributed by atoms with Gasteiger partial charge < -0.3 is 14.4 Å². The Morgan fingerprint density at radius 2 is 1.95 bits per heavy atom. The lowest BCUT2D eigenvalue weighted by Crippen LogP contribution is -2.39. The number of hydrogen-bond acceptors (Lipinski definition) is 3. The molecule has 5 nitrogen and oxygen atoms in total. The second kappa shape index (κ2) is 4.60. The molecule has 1 amide bonds. The van der Waals surface area contributed by atoms with Crippen molar-refractivity contribution in [3.63, 3.8) is 0 Å². The maximum atomic E-state index is 12.7. The highest BCUT2D eigenvalue weighted by atomic mass is 16.4. The number of aliphatic carboxylic acids is 1. The topological polar surface area (TPSA) is 70.8 Å². The highest BCUT2D eigenvalue weighted by Gasteiger charge is 2.59. The summed E-state index contributed by atoms with van der Waals surface area (Å²) in [5, 5.41) is 9.96. The normalized spacial score (nSPS) is 22.9. The molecule has 1 aliphatic carbocycles. The molecule has 1 N–H and O–H groups in total. The summed E-state index contributed by atoms with van der Waals surface area (Å²) in [7, 11) is 0. The summed E-state index contributed by atoms with van der Waals surface area (Å²) in [4.78, 5) is 25.6. The van der Waals surface area contributed by atoms with Gasteiger partial charge in [-0.1, -0.05) is 18.2 Å². The maximum Gasteiger partial charge on any atom is 0.307 e. The van der Waals surface area contributed by atoms with Crippen LogP contribution in [0.1, 0.15) is 29.6 Å². The number of nitrogens with zero attached hydrogens (tertiary/aromatic N) is 1. The average molecular weight is 299 g/mol. The minimum absolute atomic E-state index is 0.0210. The first kappa shape index (κ1) is 13.4. The number of amides is 1. The molecule has 2 fully saturated rings. The number of carbonyl (C=O) groups is 2. The fourth-order valence-electron chi connectivity index (χ4n) is 3.72. The van der Waals surface area contributed by atoms with Crippen molar-refractivity contribution >= 4 is 22.8 Å². The van der Waals surface area contributed by atoms with Crippen molar-refractivity contribution in [1.29, 1.82) is 0 Å². The Morgan fingerprint density at radius 3 is 2.64 bits per heavy atom. The smallest absolute Gasteiger partial charge is 0.307 e. The lowest BCUT2D eigenvalue weighted by molar-refractivity contribution is -0.139. The van der Waals surface area contributed by atoms with Crippen molar-refractivity contribution in [2.45, 2.75) is 19.3 Å². The van der Waals surface area contributed by atoms with Gasteiger partial charge in [0.2, 0.25) is 0 Å². The van der Waals surface area contributed by atoms with Crippen molar-refractivity contribution in [1.82, 2.24) is 4.90 Å². The fraction of sp³-hybridized carbons (Fsp3) is 0.412. The zero-order valence-corrected chi connectivity index (χ0v) is 12.1. The molecule has 2 heterocycles. The molecule has 1 aromatic heterocycles. The molecule has 1 aromatic carbocycles. The molecular weight excluding hydrogens is 282 g/mol. The molecule has 114 valence electrons. The Morgan fingerprint density at radius 1 is 1.23 bits per heavy atom. The largest absolute Gasteiger partial charge is 0.481 e. The molecule has 1 unspecified atom stereocenters. The summed E-state index contributed by atoms with van der Waals surface area (Å²) >= 11 is 0. The first-order valence-corrected chi connectivity index (χ1v) is 7.59. The van der Waals surface area contributed by atoms with Crippen molar-refractivity contribution in [2.24, 2.45) is 11.3 Å². The van der Waals surface area contributed by atoms with E-state index in [1.54, 1.807) is 0 Å². The Labute approximate surface area is 127 Å². The SMILES string of the molecule is O=C(O)C1CC12CCN(C(=O)c1coc3ccccc13)CC2. The molecule has 0 bridgehead atoms. The molecule has 1 aliphatic heterocycles. The highest BCUT2D eigenvalue weighted by molar-refractivity contribution is 6.05. The zero-order valence-electron chi connectivity index (χ0n) is 12.1. The number of carbonyl (C=O) groups excluding carboxylic acids is 1. The minimum atomic E-state index is -0.694. The number of carboxylic acid groups (broad SMARTS) is 1. The van der Waals surface area contributed by atoms with Gasteiger partial charge in [-0.15, -0.1) is 0 Å². The number of para-hydroxylation sites is 1. The van der Waals surface area contributed by atoms with Gasteiger partial charge in [-0.2, -0.15) is 0 Å². The second-order valence-electron chi connectivity index (χ2n) is 6.40. The van der Waals surface area contributed by atoms with E-state index in [1.165, 1.54) is 6.26 Å². The predicted octanol–water partition coefficient (Wildman–Crippen LogP) is 2.76. The number of rotatable bonds is 2. The van der Waals surface area contributed by atoms with E-state index >= 15 is 0 Å². The summed E-state index contributed by atoms with van der Waals surface area (Å²) in [5.41, 5.74) is 1.26. The Bertz CT molecular complexity index is 755. The van der Waals surface area contributed by atoms with Crippen LogP contribution in [-0.2, 0) is 4.79 Å². The Kier molecular flexibility index (Phi) is 2.79. The van der Waals surface area contributed by atoms with Gasteiger partial charge in [0.15, 0.2) is 0 Å². The molecule has 1 saturated heterocycles. The van der Waals surface area contributed by atoms with E-state index in [0.717, 1.165) is 24.6 Å². The van der Waals surface area contributed by atoms with E-state index in [4.69, 9.17) is 9.52 Å². The monoisotopic (exact) mass is 299 g/mol. The molecule has 2 aliphatic rings. The second-order valence-corrected chi connectivity index (χ2v) is 6.40. The van der Waals surface area contributed by atoms with Gasteiger partial charge in [-0.05, 0) is 30.7 Å². The average Bonchev–Trinajstić information content (AvgIpc) is 3.06. The van der Waals surface area contributed by atoms with Gasteiger partial charge in [-0.25, -0.2) is 0 Å². The molecule has 22 heavy (non-hydrogen) atoms. The van der Waals surface area contributed by atoms with Crippen molar-refractivity contribution in [3.05, 3.63) is 36.1 Å². The summed E-state index contributed by atoms with van der Waals surface area (Å²) in [6, 6.07) is 7.50. The van der Waals surface area contributed by atoms with Gasteiger partial charge in [0.1, 0.15) is 11.8 Å². The Balaban J connectivity index is 1.50. The van der Waals surface area contributed by atoms with Crippen LogP contribution >= 0.6 is 0 Å². The van der Waals surface area contributed by atoms with E-state index in [1.807, 2.05) is 29.2 Å². The van der Waals surface area contributed by atoms with Crippen LogP contribution in [0.25, 0.3) is 11.0 Å². The number of hydrogen-bond donors (Lipinski definition) is 1. The summed E-state index contributed by atoms with van der Waals surface area (Å²) < 4.78 is 5.44. The summed E-state index contributed by atoms with van der Waals surface area (Å²) in [5.74, 6) is -0.924. The van der Waals surface area contributed by atoms with Crippen LogP contribution in [0.4, 0.5) is 0 Å². The van der Waals surface area contributed by atoms with Gasteiger partial charge in [0.25, 0.3) is 5.91 Å². The molecule has 4 rings (SSSR count). The Hall–Kier alpha value is -2.30. The molecule has 0 radical (unpaired) electrons. The highest BCUT2D eigenvalue weighted by Crippen LogP contribution is 2.59. The van der Waals surface area contributed by atoms with E-state index in [2.05, 4.69) is 0 Å². The van der Waals surface area contributed by atoms with Crippen LogP contribution in [-0.4, -0.2) is 35.0 Å². The van der Waals surface area contributed by atoms with Gasteiger partial charge >= 0.3 is 5.97 Å². The fourth-order valence-corrected chi connectivity index (χ4v) is 3.72. The lowest BCUT2D eigenvalue weighted by Gasteiger charge is -2.32. The van der Waals surface area contributed by atoms with Crippen LogP contribution in [0.2, 0.25) is 0 Å². The standard InChI is InChI=1S/C17H17NO4/c19-15(12-10-22-14-4-2-1-3-11(12)14)18-7-5-17(6-8-18)9-13(17)16(20)21/h1-4,10,13H,5-9H2,(H,20,21). The number of carboxylic acids is 1. The van der Waals surface area contributed by atoms with E-state index < -0.39 is 5.97 Å². The lowest BCUT2D eigenvalue weighted by atomic mass is 9.90. The molecule has 2 aromatic rings. The molecular formula is C17H17NO4. The first-order chi connectivity index (χ1) is 10.6. The third-order valence-electron chi connectivity index (χ3n) is 5.25. The van der Waals surface area contributed by atoms with Crippen molar-refractivity contribution in [3.8, 4) is 0 Å². The minimum Gasteiger partial charge on any atom is -0.481 e. The summed E-state index contributed by atoms with van der Waals surface area (Å²) in [6.45, 7) is 1.25. The molecule has 1 spiro atoms. The van der Waals surface area contributed by atoms with Crippen molar-refractivity contribution < 1.29 is 19.1 Å². The van der Waals surface area contributed by atoms with Crippen LogP contribution in [0, 0.1) is 11.3 Å². The van der Waals surface area contributed by atoms with Crippen LogP contribution in [0.5, 0.6) is 0 Å². The van der Waals surface area contributed by atoms with Gasteiger partial charge in [0.05, 0.1) is 11.5 Å². The predicted molar refractivity (Wildman–Crippen MR) is 79.5 cm³/mol. The molecule has 1 atom stereocenters. The number of fused-ring (bicyclic) bond motifs is 1. The zero-order chi connectivity index (χ0) is 15.3. The van der Waals surface area contributed by atoms with Crippen LogP contribution in [0.3, 0.4) is 0 Å². The number of furan rings is 1. The quantitative estimate of drug-likeness (QED) is 0.925. The van der Waals surface area contributed by atoms with E-state index in [9.17, 15) is 9.59 Å². The third kappa shape index (κ3) is 1.92. The third-order valence-corrected chi connectivity index (χ3v) is 5.25. The molecule has 1 saturated carbocycles. The van der Waals surface area contributed by atoms with Gasteiger partial charge in [0, 0.05) is 18.5 Å². The van der Waals surface area contributed by atoms with E-state index in [-0.39, 0.29) is 17.2 Å². The number of likely N-dealkylation sites (tertiary alicyclic amines) is 1. The van der Waals surface area contributed by atoms with Crippen LogP contribution < -0.4 is 0 Å². The maximum absolute atomic E-state index is 12.7.